The summed E-state index contributed by atoms with van der Waals surface area (Å²) in [4.78, 5) is 12.6. The number of methoxy groups -OCH3 is 1. The Bertz CT molecular complexity index is 517. The number of hydrogen-bond acceptors (Lipinski definition) is 3. The van der Waals surface area contributed by atoms with E-state index in [1.54, 1.807) is 7.11 Å². The molecule has 1 saturated carbocycles. The minimum Gasteiger partial charge on any atom is -0.382 e. The van der Waals surface area contributed by atoms with E-state index in [4.69, 9.17) is 4.74 Å². The third-order valence-corrected chi connectivity index (χ3v) is 4.84. The van der Waals surface area contributed by atoms with E-state index in [-0.39, 0.29) is 23.9 Å². The fourth-order valence-corrected chi connectivity index (χ4v) is 3.51. The second-order valence-electron chi connectivity index (χ2n) is 6.28. The van der Waals surface area contributed by atoms with Crippen LogP contribution in [0.15, 0.2) is 24.3 Å². The van der Waals surface area contributed by atoms with E-state index >= 15 is 0 Å². The zero-order valence-corrected chi connectivity index (χ0v) is 12.8. The van der Waals surface area contributed by atoms with Gasteiger partial charge in [0, 0.05) is 24.9 Å². The summed E-state index contributed by atoms with van der Waals surface area (Å²) in [6, 6.07) is 8.69. The van der Waals surface area contributed by atoms with Crippen molar-refractivity contribution in [1.29, 1.82) is 0 Å². The lowest BCUT2D eigenvalue weighted by Gasteiger charge is -2.32. The van der Waals surface area contributed by atoms with Gasteiger partial charge in [-0.25, -0.2) is 0 Å². The number of fused-ring (bicyclic) bond motifs is 1. The van der Waals surface area contributed by atoms with E-state index < -0.39 is 0 Å². The molecule has 21 heavy (non-hydrogen) atoms. The molecule has 4 nitrogen and oxygen atoms in total. The minimum atomic E-state index is 0.00138. The number of carbonyl (C=O) groups excluding carboxylic acids is 1. The Hall–Kier alpha value is -1.55. The zero-order valence-electron chi connectivity index (χ0n) is 12.8. The van der Waals surface area contributed by atoms with Crippen molar-refractivity contribution in [3.63, 3.8) is 0 Å². The third-order valence-electron chi connectivity index (χ3n) is 4.84. The van der Waals surface area contributed by atoms with Crippen molar-refractivity contribution >= 4 is 11.6 Å². The number of anilines is 1. The molecule has 2 N–H and O–H groups in total. The summed E-state index contributed by atoms with van der Waals surface area (Å²) in [5, 5.41) is 6.67. The van der Waals surface area contributed by atoms with Crippen LogP contribution in [0.25, 0.3) is 0 Å². The summed E-state index contributed by atoms with van der Waals surface area (Å²) in [5.74, 6) is 0.174. The lowest BCUT2D eigenvalue weighted by atomic mass is 9.87. The van der Waals surface area contributed by atoms with Gasteiger partial charge in [-0.2, -0.15) is 0 Å². The van der Waals surface area contributed by atoms with Crippen molar-refractivity contribution in [3.05, 3.63) is 29.8 Å². The highest BCUT2D eigenvalue weighted by Crippen LogP contribution is 2.29. The molecule has 1 heterocycles. The molecule has 3 rings (SSSR count). The molecule has 4 heteroatoms. The summed E-state index contributed by atoms with van der Waals surface area (Å²) >= 11 is 0. The van der Waals surface area contributed by atoms with E-state index in [0.29, 0.717) is 6.10 Å². The minimum absolute atomic E-state index is 0.00138. The molecule has 0 aromatic heterocycles. The van der Waals surface area contributed by atoms with Gasteiger partial charge in [0.25, 0.3) is 0 Å². The number of nitrogens with one attached hydrogen (secondary N) is 2. The highest BCUT2D eigenvalue weighted by molar-refractivity contribution is 5.81. The first-order valence-electron chi connectivity index (χ1n) is 7.85. The van der Waals surface area contributed by atoms with Crippen molar-refractivity contribution in [2.24, 2.45) is 5.92 Å². The molecule has 2 aliphatic rings. The predicted molar refractivity (Wildman–Crippen MR) is 83.3 cm³/mol. The molecule has 1 fully saturated rings. The van der Waals surface area contributed by atoms with Gasteiger partial charge in [-0.3, -0.25) is 4.79 Å². The first-order chi connectivity index (χ1) is 10.2. The third kappa shape index (κ3) is 3.05. The predicted octanol–water partition coefficient (Wildman–Crippen LogP) is 2.34. The van der Waals surface area contributed by atoms with Crippen molar-refractivity contribution in [2.45, 2.75) is 50.8 Å². The van der Waals surface area contributed by atoms with Crippen molar-refractivity contribution in [1.82, 2.24) is 5.32 Å². The van der Waals surface area contributed by atoms with Crippen LogP contribution >= 0.6 is 0 Å². The lowest BCUT2D eigenvalue weighted by Crippen LogP contribution is -2.46. The van der Waals surface area contributed by atoms with Crippen LogP contribution in [0.4, 0.5) is 5.69 Å². The second-order valence-corrected chi connectivity index (χ2v) is 6.28. The normalized spacial score (nSPS) is 31.3. The number of ether oxygens (including phenoxy) is 1. The average Bonchev–Trinajstić information content (AvgIpc) is 2.94. The van der Waals surface area contributed by atoms with Gasteiger partial charge in [0.05, 0.1) is 12.0 Å². The van der Waals surface area contributed by atoms with E-state index in [9.17, 15) is 4.79 Å². The molecule has 4 atom stereocenters. The molecule has 114 valence electrons. The Labute approximate surface area is 126 Å². The Morgan fingerprint density at radius 2 is 2.14 bits per heavy atom. The van der Waals surface area contributed by atoms with Crippen LogP contribution in [0.5, 0.6) is 0 Å². The van der Waals surface area contributed by atoms with Gasteiger partial charge in [-0.05, 0) is 44.2 Å². The zero-order chi connectivity index (χ0) is 14.8. The molecule has 1 aliphatic carbocycles. The summed E-state index contributed by atoms with van der Waals surface area (Å²) in [5.41, 5.74) is 2.39. The number of rotatable bonds is 3. The molecule has 1 aromatic rings. The Morgan fingerprint density at radius 1 is 1.33 bits per heavy atom. The maximum atomic E-state index is 12.6. The van der Waals surface area contributed by atoms with Gasteiger partial charge in [0.2, 0.25) is 5.91 Å². The Kier molecular flexibility index (Phi) is 4.15. The van der Waals surface area contributed by atoms with Gasteiger partial charge in [-0.15, -0.1) is 0 Å². The molecule has 1 aromatic carbocycles. The highest BCUT2D eigenvalue weighted by Gasteiger charge is 2.33. The summed E-state index contributed by atoms with van der Waals surface area (Å²) in [6.45, 7) is 2.09. The van der Waals surface area contributed by atoms with Crippen LogP contribution in [0.3, 0.4) is 0 Å². The first-order valence-corrected chi connectivity index (χ1v) is 7.85. The average molecular weight is 288 g/mol. The fourth-order valence-electron chi connectivity index (χ4n) is 3.51. The standard InChI is InChI=1S/C17H24N2O2/c1-11-15(9-12-5-3-4-6-16(12)18-11)17(20)19-13-7-8-14(10-13)21-2/h3-6,11,13-15,18H,7-10H2,1-2H3,(H,19,20). The number of amides is 1. The van der Waals surface area contributed by atoms with Crippen LogP contribution in [0.2, 0.25) is 0 Å². The maximum absolute atomic E-state index is 12.6. The van der Waals surface area contributed by atoms with Gasteiger partial charge in [-0.1, -0.05) is 18.2 Å². The van der Waals surface area contributed by atoms with Gasteiger partial charge >= 0.3 is 0 Å². The monoisotopic (exact) mass is 288 g/mol. The molecule has 4 unspecified atom stereocenters. The largest absolute Gasteiger partial charge is 0.382 e. The van der Waals surface area contributed by atoms with Crippen LogP contribution < -0.4 is 10.6 Å². The van der Waals surface area contributed by atoms with Crippen LogP contribution in [0.1, 0.15) is 31.7 Å². The quantitative estimate of drug-likeness (QED) is 0.897. The second kappa shape index (κ2) is 6.06. The summed E-state index contributed by atoms with van der Waals surface area (Å²) in [6.07, 6.45) is 4.13. The van der Waals surface area contributed by atoms with Gasteiger partial charge < -0.3 is 15.4 Å². The topological polar surface area (TPSA) is 50.4 Å². The number of hydrogen-bond donors (Lipinski definition) is 2. The van der Waals surface area contributed by atoms with Crippen molar-refractivity contribution in [2.75, 3.05) is 12.4 Å². The molecular formula is C17H24N2O2. The molecular weight excluding hydrogens is 264 g/mol. The Morgan fingerprint density at radius 3 is 2.90 bits per heavy atom. The maximum Gasteiger partial charge on any atom is 0.225 e. The first kappa shape index (κ1) is 14.4. The number of para-hydroxylation sites is 1. The molecule has 0 saturated heterocycles. The van der Waals surface area contributed by atoms with E-state index in [2.05, 4.69) is 29.7 Å². The smallest absolute Gasteiger partial charge is 0.225 e. The van der Waals surface area contributed by atoms with Gasteiger partial charge in [0.1, 0.15) is 0 Å². The highest BCUT2D eigenvalue weighted by atomic mass is 16.5. The summed E-state index contributed by atoms with van der Waals surface area (Å²) in [7, 11) is 1.75. The molecule has 0 spiro atoms. The fraction of sp³-hybridized carbons (Fsp3) is 0.588. The van der Waals surface area contributed by atoms with E-state index in [0.717, 1.165) is 31.4 Å². The lowest BCUT2D eigenvalue weighted by molar-refractivity contribution is -0.126. The Balaban J connectivity index is 1.63. The molecule has 0 bridgehead atoms. The number of carbonyl (C=O) groups is 1. The molecule has 0 radical (unpaired) electrons. The molecule has 1 aliphatic heterocycles. The van der Waals surface area contributed by atoms with E-state index in [1.165, 1.54) is 5.56 Å². The van der Waals surface area contributed by atoms with Crippen molar-refractivity contribution < 1.29 is 9.53 Å². The number of benzene rings is 1. The molecule has 1 amide bonds. The van der Waals surface area contributed by atoms with E-state index in [1.807, 2.05) is 12.1 Å². The van der Waals surface area contributed by atoms with Crippen LogP contribution in [0, 0.1) is 5.92 Å². The van der Waals surface area contributed by atoms with Gasteiger partial charge in [0.15, 0.2) is 0 Å². The van der Waals surface area contributed by atoms with Crippen molar-refractivity contribution in [3.8, 4) is 0 Å². The SMILES string of the molecule is COC1CCC(NC(=O)C2Cc3ccccc3NC2C)C1. The van der Waals surface area contributed by atoms with Crippen LogP contribution in [-0.4, -0.2) is 31.2 Å². The summed E-state index contributed by atoms with van der Waals surface area (Å²) < 4.78 is 5.37. The van der Waals surface area contributed by atoms with Crippen LogP contribution in [-0.2, 0) is 16.0 Å².